The van der Waals surface area contributed by atoms with Gasteiger partial charge < -0.3 is 15.5 Å². The maximum absolute atomic E-state index is 4.83. The minimum atomic E-state index is 0.647. The van der Waals surface area contributed by atoms with Crippen molar-refractivity contribution in [1.29, 1.82) is 0 Å². The highest BCUT2D eigenvalue weighted by atomic mass is 15.2. The van der Waals surface area contributed by atoms with Crippen LogP contribution in [0.25, 0.3) is 0 Å². The van der Waals surface area contributed by atoms with Crippen LogP contribution in [-0.2, 0) is 6.42 Å². The smallest absolute Gasteiger partial charge is 0.191 e. The van der Waals surface area contributed by atoms with Crippen LogP contribution in [0.2, 0.25) is 0 Å². The summed E-state index contributed by atoms with van der Waals surface area (Å²) in [6.45, 7) is 11.9. The second-order valence-electron chi connectivity index (χ2n) is 6.98. The molecule has 1 atom stereocenters. The first-order valence-electron chi connectivity index (χ1n) is 9.49. The van der Waals surface area contributed by atoms with Gasteiger partial charge in [-0.2, -0.15) is 0 Å². The number of nitrogens with one attached hydrogen (secondary N) is 2. The fourth-order valence-electron chi connectivity index (χ4n) is 3.25. The lowest BCUT2D eigenvalue weighted by Crippen LogP contribution is -2.42. The van der Waals surface area contributed by atoms with Crippen LogP contribution in [0.3, 0.4) is 0 Å². The molecule has 1 saturated heterocycles. The lowest BCUT2D eigenvalue weighted by atomic mass is 9.97. The van der Waals surface area contributed by atoms with E-state index in [1.54, 1.807) is 0 Å². The molecule has 1 heterocycles. The molecule has 1 aliphatic rings. The van der Waals surface area contributed by atoms with E-state index in [9.17, 15) is 0 Å². The van der Waals surface area contributed by atoms with Gasteiger partial charge in [0.25, 0.3) is 0 Å². The molecular weight excluding hydrogens is 296 g/mol. The van der Waals surface area contributed by atoms with Crippen LogP contribution in [0.1, 0.15) is 39.2 Å². The van der Waals surface area contributed by atoms with Crippen molar-refractivity contribution in [1.82, 2.24) is 15.5 Å². The first-order chi connectivity index (χ1) is 11.7. The van der Waals surface area contributed by atoms with Gasteiger partial charge in [0.05, 0.1) is 0 Å². The topological polar surface area (TPSA) is 39.7 Å². The van der Waals surface area contributed by atoms with Crippen molar-refractivity contribution in [2.24, 2.45) is 10.9 Å². The second-order valence-corrected chi connectivity index (χ2v) is 6.98. The summed E-state index contributed by atoms with van der Waals surface area (Å²) in [5, 5.41) is 6.84. The monoisotopic (exact) mass is 330 g/mol. The van der Waals surface area contributed by atoms with E-state index in [-0.39, 0.29) is 0 Å². The Bertz CT molecular complexity index is 484. The minimum absolute atomic E-state index is 0.647. The number of nitrogens with zero attached hydrogens (tertiary/aromatic N) is 2. The lowest BCUT2D eigenvalue weighted by molar-refractivity contribution is 0.143. The van der Waals surface area contributed by atoms with Gasteiger partial charge in [-0.05, 0) is 58.1 Å². The first kappa shape index (κ1) is 18.8. The molecule has 0 spiro atoms. The number of likely N-dealkylation sites (tertiary alicyclic amines) is 1. The zero-order chi connectivity index (χ0) is 17.2. The average Bonchev–Trinajstić information content (AvgIpc) is 2.61. The summed E-state index contributed by atoms with van der Waals surface area (Å²) in [4.78, 5) is 7.41. The van der Waals surface area contributed by atoms with Gasteiger partial charge in [-0.15, -0.1) is 0 Å². The molecular formula is C20H34N4. The molecule has 2 N–H and O–H groups in total. The van der Waals surface area contributed by atoms with Crippen LogP contribution in [0.15, 0.2) is 35.3 Å². The Morgan fingerprint density at radius 1 is 1.25 bits per heavy atom. The number of benzene rings is 1. The summed E-state index contributed by atoms with van der Waals surface area (Å²) in [5.74, 6) is 1.64. The zero-order valence-corrected chi connectivity index (χ0v) is 15.6. The summed E-state index contributed by atoms with van der Waals surface area (Å²) in [6.07, 6.45) is 3.63. The molecule has 0 saturated carbocycles. The van der Waals surface area contributed by atoms with Gasteiger partial charge in [0.2, 0.25) is 0 Å². The first-order valence-corrected chi connectivity index (χ1v) is 9.49. The Hall–Kier alpha value is -1.55. The van der Waals surface area contributed by atoms with Gasteiger partial charge in [-0.25, -0.2) is 0 Å². The van der Waals surface area contributed by atoms with Gasteiger partial charge in [-0.1, -0.05) is 30.3 Å². The normalized spacial score (nSPS) is 19.5. The molecule has 0 aromatic heterocycles. The molecule has 0 radical (unpaired) electrons. The lowest BCUT2D eigenvalue weighted by Gasteiger charge is -2.34. The van der Waals surface area contributed by atoms with E-state index in [1.807, 2.05) is 0 Å². The van der Waals surface area contributed by atoms with E-state index in [4.69, 9.17) is 4.99 Å². The predicted molar refractivity (Wildman–Crippen MR) is 104 cm³/mol. The van der Waals surface area contributed by atoms with Crippen LogP contribution in [0, 0.1) is 5.92 Å². The summed E-state index contributed by atoms with van der Waals surface area (Å²) in [5.41, 5.74) is 1.36. The van der Waals surface area contributed by atoms with Gasteiger partial charge in [0.1, 0.15) is 0 Å². The standard InChI is InChI=1S/C20H34N4/c1-4-21-20(22-13-12-18-9-6-5-7-10-18)23-15-19-11-8-14-24(16-19)17(2)3/h5-7,9-10,17,19H,4,8,11-16H2,1-3H3,(H2,21,22,23). The SMILES string of the molecule is CCNC(=NCC1CCCN(C(C)C)C1)NCCc1ccccc1. The third kappa shape index (κ3) is 6.52. The highest BCUT2D eigenvalue weighted by molar-refractivity contribution is 5.79. The van der Waals surface area contributed by atoms with Crippen LogP contribution < -0.4 is 10.6 Å². The number of guanidine groups is 1. The third-order valence-corrected chi connectivity index (χ3v) is 4.68. The maximum atomic E-state index is 4.83. The Balaban J connectivity index is 1.79. The summed E-state index contributed by atoms with van der Waals surface area (Å²) < 4.78 is 0. The van der Waals surface area contributed by atoms with Crippen molar-refractivity contribution >= 4 is 5.96 Å². The predicted octanol–water partition coefficient (Wildman–Crippen LogP) is 2.90. The van der Waals surface area contributed by atoms with Crippen LogP contribution in [0.5, 0.6) is 0 Å². The molecule has 0 amide bonds. The van der Waals surface area contributed by atoms with Crippen molar-refractivity contribution in [3.8, 4) is 0 Å². The highest BCUT2D eigenvalue weighted by Crippen LogP contribution is 2.18. The fourth-order valence-corrected chi connectivity index (χ4v) is 3.25. The van der Waals surface area contributed by atoms with E-state index in [1.165, 1.54) is 31.5 Å². The largest absolute Gasteiger partial charge is 0.357 e. The van der Waals surface area contributed by atoms with E-state index >= 15 is 0 Å². The Kier molecular flexibility index (Phi) is 8.10. The number of aliphatic imine (C=N–C) groups is 1. The van der Waals surface area contributed by atoms with Crippen molar-refractivity contribution in [3.63, 3.8) is 0 Å². The van der Waals surface area contributed by atoms with E-state index in [2.05, 4.69) is 66.6 Å². The summed E-state index contributed by atoms with van der Waals surface area (Å²) in [7, 11) is 0. The van der Waals surface area contributed by atoms with Crippen LogP contribution >= 0.6 is 0 Å². The Labute approximate surface area is 147 Å². The molecule has 4 nitrogen and oxygen atoms in total. The van der Waals surface area contributed by atoms with Crippen LogP contribution in [0.4, 0.5) is 0 Å². The molecule has 0 aliphatic carbocycles. The molecule has 1 aromatic rings. The van der Waals surface area contributed by atoms with Crippen LogP contribution in [-0.4, -0.2) is 49.6 Å². The molecule has 1 unspecified atom stereocenters. The molecule has 24 heavy (non-hydrogen) atoms. The number of piperidine rings is 1. The van der Waals surface area contributed by atoms with Gasteiger partial charge >= 0.3 is 0 Å². The molecule has 4 heteroatoms. The Morgan fingerprint density at radius 3 is 2.75 bits per heavy atom. The second kappa shape index (κ2) is 10.3. The van der Waals surface area contributed by atoms with E-state index in [0.717, 1.165) is 32.0 Å². The van der Waals surface area contributed by atoms with E-state index < -0.39 is 0 Å². The van der Waals surface area contributed by atoms with E-state index in [0.29, 0.717) is 12.0 Å². The molecule has 0 bridgehead atoms. The quantitative estimate of drug-likeness (QED) is 0.596. The van der Waals surface area contributed by atoms with Gasteiger partial charge in [0.15, 0.2) is 5.96 Å². The van der Waals surface area contributed by atoms with Crippen molar-refractivity contribution in [3.05, 3.63) is 35.9 Å². The number of hydrogen-bond donors (Lipinski definition) is 2. The number of hydrogen-bond acceptors (Lipinski definition) is 2. The van der Waals surface area contributed by atoms with Gasteiger partial charge in [0, 0.05) is 32.2 Å². The van der Waals surface area contributed by atoms with Crippen molar-refractivity contribution in [2.75, 3.05) is 32.7 Å². The molecule has 1 fully saturated rings. The molecule has 134 valence electrons. The molecule has 1 aliphatic heterocycles. The fraction of sp³-hybridized carbons (Fsp3) is 0.650. The zero-order valence-electron chi connectivity index (χ0n) is 15.6. The molecule has 1 aromatic carbocycles. The third-order valence-electron chi connectivity index (χ3n) is 4.68. The highest BCUT2D eigenvalue weighted by Gasteiger charge is 2.21. The summed E-state index contributed by atoms with van der Waals surface area (Å²) in [6, 6.07) is 11.3. The average molecular weight is 331 g/mol. The minimum Gasteiger partial charge on any atom is -0.357 e. The Morgan fingerprint density at radius 2 is 2.04 bits per heavy atom. The number of rotatable bonds is 7. The van der Waals surface area contributed by atoms with Crippen molar-refractivity contribution in [2.45, 2.75) is 46.1 Å². The van der Waals surface area contributed by atoms with Crippen molar-refractivity contribution < 1.29 is 0 Å². The summed E-state index contributed by atoms with van der Waals surface area (Å²) >= 11 is 0. The molecule has 2 rings (SSSR count). The maximum Gasteiger partial charge on any atom is 0.191 e. The van der Waals surface area contributed by atoms with Gasteiger partial charge in [-0.3, -0.25) is 4.99 Å².